The fraction of sp³-hybridized carbons (Fsp3) is 0.351. The molecule has 12 aromatic heterocycles. The van der Waals surface area contributed by atoms with Gasteiger partial charge in [0.15, 0.2) is 69.8 Å². The van der Waals surface area contributed by atoms with Crippen molar-refractivity contribution >= 4 is 137 Å². The lowest BCUT2D eigenvalue weighted by Crippen LogP contribution is -2.50. The number of rotatable bonds is 16. The predicted octanol–water partition coefficient (Wildman–Crippen LogP) is 11.9. The number of aliphatic hydroxyl groups excluding tert-OH is 2. The van der Waals surface area contributed by atoms with E-state index in [9.17, 15) is 99.6 Å². The first-order chi connectivity index (χ1) is 58.6. The van der Waals surface area contributed by atoms with E-state index >= 15 is 0 Å². The van der Waals surface area contributed by atoms with Crippen LogP contribution in [0, 0.1) is 41.0 Å². The van der Waals surface area contributed by atoms with Gasteiger partial charge >= 0.3 is 24.7 Å². The number of halogens is 20. The molecular weight excluding hydrogens is 1770 g/mol. The Balaban J connectivity index is 0.000000135. The van der Waals surface area contributed by atoms with E-state index in [0.717, 1.165) is 34.6 Å². The van der Waals surface area contributed by atoms with Gasteiger partial charge in [-0.25, -0.2) is 77.4 Å². The van der Waals surface area contributed by atoms with E-state index in [-0.39, 0.29) is 96.8 Å². The number of carbonyl (C=O) groups excluding carboxylic acids is 4. The van der Waals surface area contributed by atoms with Gasteiger partial charge in [0, 0.05) is 126 Å². The van der Waals surface area contributed by atoms with Crippen molar-refractivity contribution in [3.63, 3.8) is 0 Å². The maximum Gasteiger partial charge on any atom is 0.405 e. The van der Waals surface area contributed by atoms with E-state index in [1.807, 2.05) is 10.6 Å². The van der Waals surface area contributed by atoms with Crippen LogP contribution in [0.5, 0.6) is 0 Å². The van der Waals surface area contributed by atoms with Gasteiger partial charge in [-0.1, -0.05) is 53.3 Å². The normalized spacial score (nSPS) is 20.1. The van der Waals surface area contributed by atoms with Crippen molar-refractivity contribution in [2.24, 2.45) is 17.8 Å². The molecule has 0 aromatic carbocycles. The van der Waals surface area contributed by atoms with Gasteiger partial charge in [0.2, 0.25) is 23.6 Å². The van der Waals surface area contributed by atoms with E-state index in [2.05, 4.69) is 79.7 Å². The highest BCUT2D eigenvalue weighted by Gasteiger charge is 2.57. The Labute approximate surface area is 705 Å². The quantitative estimate of drug-likeness (QED) is 0.0402. The number of anilines is 4. The Morgan fingerprint density at radius 2 is 0.726 bits per heavy atom. The summed E-state index contributed by atoms with van der Waals surface area (Å²) in [5, 5.41) is 31.4. The molecular formula is C74H62Cl4F16N24O6. The van der Waals surface area contributed by atoms with Crippen molar-refractivity contribution in [2.75, 3.05) is 72.0 Å². The summed E-state index contributed by atoms with van der Waals surface area (Å²) in [4.78, 5) is 116. The molecule has 12 aromatic rings. The molecule has 1 saturated carbocycles. The van der Waals surface area contributed by atoms with Crippen molar-refractivity contribution < 1.29 is 99.6 Å². The van der Waals surface area contributed by atoms with Gasteiger partial charge in [-0.15, -0.1) is 0 Å². The number of H-pyrrole nitrogens is 4. The number of piperidine rings is 1. The topological polar surface area (TPSA) is 388 Å². The molecule has 124 heavy (non-hydrogen) atoms. The number of hydrogen-bond donors (Lipinski definition) is 10. The van der Waals surface area contributed by atoms with E-state index in [4.69, 9.17) is 46.4 Å². The zero-order chi connectivity index (χ0) is 88.9. The zero-order valence-electron chi connectivity index (χ0n) is 63.2. The SMILES string of the molecule is C[C@H]1CCN(c2nc(-c3c[nH]c4ncc(Cl)cc34)ncc2F)[C@@H]1C(=O)NCC(F)(F)F.O=C(NCC(F)(F)F)[C@@H]1C[C@H](O)CN1c1nc(-c2c[nH]c3ncc(Cl)cc23)ncc1F.O=C(NCC(F)(F)F)[C@@H]1[C@@H](O)CCN1c1nc(-c2c[nH]c3ncc(Cl)cc23)ncc1F.O=C(NCC(F)(F)F)[C@@H]1[C@H]2C[C@@H]2CN1c1nc(-c2c[nH]c3ncc(Cl)cc23)ncc1F. The first-order valence-electron chi connectivity index (χ1n) is 37.0. The third-order valence-electron chi connectivity index (χ3n) is 20.4. The number of nitrogens with one attached hydrogen (secondary N) is 8. The Kier molecular flexibility index (Phi) is 25.2. The number of fused-ring (bicyclic) bond motifs is 5. The van der Waals surface area contributed by atoms with Gasteiger partial charge in [-0.05, 0) is 61.3 Å². The van der Waals surface area contributed by atoms with E-state index in [1.165, 1.54) is 34.6 Å². The Hall–Kier alpha value is -11.9. The third kappa shape index (κ3) is 20.0. The highest BCUT2D eigenvalue weighted by molar-refractivity contribution is 6.32. The number of hydrogen-bond acceptors (Lipinski definition) is 22. The molecule has 4 amide bonds. The molecule has 16 heterocycles. The molecule has 654 valence electrons. The fourth-order valence-electron chi connectivity index (χ4n) is 14.8. The molecule has 9 atom stereocenters. The van der Waals surface area contributed by atoms with E-state index < -0.39 is 134 Å². The second kappa shape index (κ2) is 35.4. The number of aliphatic hydroxyl groups is 2. The molecule has 4 aliphatic heterocycles. The number of alkyl halides is 12. The lowest BCUT2D eigenvalue weighted by atomic mass is 10.0. The molecule has 0 unspecified atom stereocenters. The number of pyridine rings is 4. The van der Waals surface area contributed by atoms with Gasteiger partial charge in [0.1, 0.15) is 72.9 Å². The van der Waals surface area contributed by atoms with Crippen LogP contribution in [0.15, 0.2) is 98.6 Å². The van der Waals surface area contributed by atoms with Crippen LogP contribution in [0.3, 0.4) is 0 Å². The van der Waals surface area contributed by atoms with E-state index in [1.54, 1.807) is 66.6 Å². The average molecular weight is 1830 g/mol. The molecule has 0 radical (unpaired) electrons. The Morgan fingerprint density at radius 1 is 0.411 bits per heavy atom. The molecule has 4 saturated heterocycles. The maximum absolute atomic E-state index is 14.7. The lowest BCUT2D eigenvalue weighted by Gasteiger charge is -2.28. The fourth-order valence-corrected chi connectivity index (χ4v) is 15.5. The summed E-state index contributed by atoms with van der Waals surface area (Å²) in [5.74, 6) is -7.64. The monoisotopic (exact) mass is 1830 g/mol. The molecule has 0 bridgehead atoms. The second-order valence-electron chi connectivity index (χ2n) is 29.0. The van der Waals surface area contributed by atoms with Crippen molar-refractivity contribution in [1.82, 2.24) is 101 Å². The molecule has 0 spiro atoms. The summed E-state index contributed by atoms with van der Waals surface area (Å²) in [6, 6.07) is 2.01. The van der Waals surface area contributed by atoms with E-state index in [0.29, 0.717) is 106 Å². The highest BCUT2D eigenvalue weighted by atomic mass is 35.5. The number of nitrogens with zero attached hydrogens (tertiary/aromatic N) is 16. The van der Waals surface area contributed by atoms with Crippen molar-refractivity contribution in [3.8, 4) is 45.6 Å². The molecule has 5 aliphatic rings. The standard InChI is InChI=1S/C19H15ClF4N6O.C19H17ClF4N6O.2C18H15ClF4N6O2/c20-9-2-11-12(4-26-15(11)25-3-9)16-27-5-13(21)17(29-16)30-6-8-1-10(8)14(30)18(31)28-7-19(22,23)24;1-9-2-3-30(14(9)18(31)28-8-19(22,23)24)17-13(21)7-27-16(29-17)12-6-26-15-11(12)4-10(20)5-25-15;19-8-1-10-11(4-25-14(10)24-3-8)15-26-5-12(20)16(28-15)29-6-9(30)2-13(29)17(31)27-7-18(21,22)23;19-8-3-9-10(5-25-14(9)24-4-8)15-26-6-11(20)16(28-15)29-2-1-12(30)13(29)17(31)27-7-18(21,22)23/h2-5,8,10,14H,1,6-7H2,(H,25,26)(H,28,31);4-7,9,14H,2-3,8H2,1H3,(H,25,26)(H,28,31);1,3-5,9,13,30H,2,6-7H2,(H,24,25)(H,27,31);3-6,12-13,30H,1-2,7H2,(H,24,25)(H,27,31)/t8-,10+,14+;9-,14-;9-,13-;12-,13-/m1000/s1. The Morgan fingerprint density at radius 3 is 1.09 bits per heavy atom. The number of aromatic nitrogens is 16. The van der Waals surface area contributed by atoms with Gasteiger partial charge in [-0.3, -0.25) is 19.2 Å². The minimum Gasteiger partial charge on any atom is -0.391 e. The minimum atomic E-state index is -4.62. The summed E-state index contributed by atoms with van der Waals surface area (Å²) in [7, 11) is 0. The summed E-state index contributed by atoms with van der Waals surface area (Å²) in [5.41, 5.74) is 4.05. The number of amides is 4. The van der Waals surface area contributed by atoms with Crippen molar-refractivity contribution in [3.05, 3.63) is 142 Å². The highest BCUT2D eigenvalue weighted by Crippen LogP contribution is 2.51. The van der Waals surface area contributed by atoms with Crippen LogP contribution in [-0.2, 0) is 19.2 Å². The number of β-amino-alcohol motifs (C(OH)–C–C–N with tert-alkyl or cyclic N) is 1. The molecule has 5 fully saturated rings. The van der Waals surface area contributed by atoms with Crippen LogP contribution in [0.2, 0.25) is 20.1 Å². The molecule has 50 heteroatoms. The van der Waals surface area contributed by atoms with Gasteiger partial charge < -0.3 is 71.0 Å². The van der Waals surface area contributed by atoms with Crippen LogP contribution < -0.4 is 40.9 Å². The lowest BCUT2D eigenvalue weighted by molar-refractivity contribution is -0.140. The summed E-state index contributed by atoms with van der Waals surface area (Å²) < 4.78 is 208. The summed E-state index contributed by atoms with van der Waals surface area (Å²) >= 11 is 24.0. The number of aromatic amines is 4. The van der Waals surface area contributed by atoms with Crippen LogP contribution >= 0.6 is 46.4 Å². The van der Waals surface area contributed by atoms with Crippen LogP contribution in [-0.4, -0.2) is 227 Å². The molecule has 1 aliphatic carbocycles. The molecule has 30 nitrogen and oxygen atoms in total. The first kappa shape index (κ1) is 88.4. The van der Waals surface area contributed by atoms with Crippen molar-refractivity contribution in [2.45, 2.75) is 93.7 Å². The second-order valence-corrected chi connectivity index (χ2v) is 30.8. The number of carbonyl (C=O) groups is 4. The van der Waals surface area contributed by atoms with Crippen LogP contribution in [0.25, 0.3) is 89.7 Å². The van der Waals surface area contributed by atoms with Crippen LogP contribution in [0.1, 0.15) is 32.6 Å². The largest absolute Gasteiger partial charge is 0.405 e. The summed E-state index contributed by atoms with van der Waals surface area (Å²) in [6.07, 6.45) is -3.64. The average Bonchev–Trinajstić information content (AvgIpc) is 1.57. The van der Waals surface area contributed by atoms with Gasteiger partial charge in [-0.2, -0.15) is 52.7 Å². The van der Waals surface area contributed by atoms with Gasteiger partial charge in [0.05, 0.1) is 57.1 Å². The van der Waals surface area contributed by atoms with Crippen molar-refractivity contribution in [1.29, 1.82) is 0 Å². The first-order valence-corrected chi connectivity index (χ1v) is 38.5. The molecule has 10 N–H and O–H groups in total. The smallest absolute Gasteiger partial charge is 0.391 e. The summed E-state index contributed by atoms with van der Waals surface area (Å²) in [6.45, 7) is -3.83. The third-order valence-corrected chi connectivity index (χ3v) is 21.2. The zero-order valence-corrected chi connectivity index (χ0v) is 66.2. The Bertz CT molecular complexity index is 5410. The predicted molar refractivity (Wildman–Crippen MR) is 416 cm³/mol. The van der Waals surface area contributed by atoms with Crippen LogP contribution in [0.4, 0.5) is 93.5 Å². The molecule has 17 rings (SSSR count). The minimum absolute atomic E-state index is 0.0138. The maximum atomic E-state index is 14.7. The van der Waals surface area contributed by atoms with Gasteiger partial charge in [0.25, 0.3) is 0 Å².